The molecule has 2 aromatic carbocycles. The highest BCUT2D eigenvalue weighted by Gasteiger charge is 2.17. The standard InChI is InChI=1S/C22H26N2O3/c1-3-5-17-27-21-11-7-18(8-12-21)22(25)24(16-6-15-23)19-9-13-20(14-10-19)26-4-2/h7-14H,3-6,16-17H2,1-2H3. The molecule has 0 atom stereocenters. The van der Waals surface area contributed by atoms with E-state index in [1.54, 1.807) is 17.0 Å². The van der Waals surface area contributed by atoms with E-state index >= 15 is 0 Å². The molecule has 2 rings (SSSR count). The summed E-state index contributed by atoms with van der Waals surface area (Å²) in [6.45, 7) is 5.62. The molecule has 0 bridgehead atoms. The van der Waals surface area contributed by atoms with Gasteiger partial charge in [0.15, 0.2) is 0 Å². The van der Waals surface area contributed by atoms with Crippen LogP contribution in [0, 0.1) is 11.3 Å². The largest absolute Gasteiger partial charge is 0.494 e. The zero-order valence-electron chi connectivity index (χ0n) is 16.0. The average Bonchev–Trinajstić information content (AvgIpc) is 2.70. The molecule has 1 amide bonds. The maximum absolute atomic E-state index is 13.0. The normalized spacial score (nSPS) is 10.1. The Bertz CT molecular complexity index is 749. The lowest BCUT2D eigenvalue weighted by Crippen LogP contribution is -2.31. The van der Waals surface area contributed by atoms with Crippen molar-refractivity contribution in [3.05, 3.63) is 54.1 Å². The number of carbonyl (C=O) groups excluding carboxylic acids is 1. The maximum Gasteiger partial charge on any atom is 0.258 e. The van der Waals surface area contributed by atoms with Gasteiger partial charge in [-0.3, -0.25) is 4.79 Å². The molecule has 0 unspecified atom stereocenters. The first kappa shape index (κ1) is 20.3. The molecule has 0 saturated carbocycles. The third-order valence-corrected chi connectivity index (χ3v) is 4.02. The number of carbonyl (C=O) groups is 1. The maximum atomic E-state index is 13.0. The predicted molar refractivity (Wildman–Crippen MR) is 106 cm³/mol. The van der Waals surface area contributed by atoms with Gasteiger partial charge in [0.25, 0.3) is 5.91 Å². The number of ether oxygens (including phenoxy) is 2. The predicted octanol–water partition coefficient (Wildman–Crippen LogP) is 4.82. The van der Waals surface area contributed by atoms with E-state index < -0.39 is 0 Å². The second-order valence-electron chi connectivity index (χ2n) is 6.02. The third-order valence-electron chi connectivity index (χ3n) is 4.02. The van der Waals surface area contributed by atoms with Crippen LogP contribution in [-0.2, 0) is 0 Å². The van der Waals surface area contributed by atoms with Gasteiger partial charge in [-0.05, 0) is 61.9 Å². The molecule has 0 N–H and O–H groups in total. The number of hydrogen-bond donors (Lipinski definition) is 0. The molecular weight excluding hydrogens is 340 g/mol. The summed E-state index contributed by atoms with van der Waals surface area (Å²) in [7, 11) is 0. The van der Waals surface area contributed by atoms with Crippen molar-refractivity contribution in [2.24, 2.45) is 0 Å². The fourth-order valence-corrected chi connectivity index (χ4v) is 2.58. The van der Waals surface area contributed by atoms with Gasteiger partial charge in [-0.2, -0.15) is 5.26 Å². The van der Waals surface area contributed by atoms with E-state index in [0.29, 0.717) is 25.3 Å². The molecule has 0 heterocycles. The lowest BCUT2D eigenvalue weighted by molar-refractivity contribution is 0.0987. The van der Waals surface area contributed by atoms with Crippen molar-refractivity contribution in [3.8, 4) is 17.6 Å². The number of unbranched alkanes of at least 4 members (excludes halogenated alkanes) is 1. The Morgan fingerprint density at radius 2 is 1.63 bits per heavy atom. The molecular formula is C22H26N2O3. The summed E-state index contributed by atoms with van der Waals surface area (Å²) in [4.78, 5) is 14.6. The molecule has 0 aliphatic carbocycles. The lowest BCUT2D eigenvalue weighted by Gasteiger charge is -2.22. The van der Waals surface area contributed by atoms with Gasteiger partial charge in [-0.15, -0.1) is 0 Å². The fraction of sp³-hybridized carbons (Fsp3) is 0.364. The van der Waals surface area contributed by atoms with Gasteiger partial charge >= 0.3 is 0 Å². The number of hydrogen-bond acceptors (Lipinski definition) is 4. The minimum Gasteiger partial charge on any atom is -0.494 e. The second kappa shape index (κ2) is 10.9. The zero-order valence-corrected chi connectivity index (χ0v) is 16.0. The molecule has 142 valence electrons. The highest BCUT2D eigenvalue weighted by molar-refractivity contribution is 6.06. The van der Waals surface area contributed by atoms with Crippen LogP contribution in [0.3, 0.4) is 0 Å². The van der Waals surface area contributed by atoms with E-state index in [1.807, 2.05) is 43.3 Å². The number of nitriles is 1. The molecule has 5 heteroatoms. The molecule has 0 fully saturated rings. The first-order valence-electron chi connectivity index (χ1n) is 9.34. The van der Waals surface area contributed by atoms with Crippen LogP contribution >= 0.6 is 0 Å². The SMILES string of the molecule is CCCCOc1ccc(C(=O)N(CCC#N)c2ccc(OCC)cc2)cc1. The van der Waals surface area contributed by atoms with E-state index in [1.165, 1.54) is 0 Å². The summed E-state index contributed by atoms with van der Waals surface area (Å²) in [5.74, 6) is 1.36. The van der Waals surface area contributed by atoms with Crippen LogP contribution < -0.4 is 14.4 Å². The Morgan fingerprint density at radius 1 is 1.00 bits per heavy atom. The molecule has 2 aromatic rings. The van der Waals surface area contributed by atoms with Gasteiger partial charge in [0.2, 0.25) is 0 Å². The van der Waals surface area contributed by atoms with Crippen molar-refractivity contribution in [1.29, 1.82) is 5.26 Å². The van der Waals surface area contributed by atoms with Crippen molar-refractivity contribution < 1.29 is 14.3 Å². The molecule has 0 spiro atoms. The van der Waals surface area contributed by atoms with Gasteiger partial charge in [-0.25, -0.2) is 0 Å². The number of benzene rings is 2. The Hall–Kier alpha value is -3.00. The molecule has 0 aliphatic rings. The highest BCUT2D eigenvalue weighted by atomic mass is 16.5. The quantitative estimate of drug-likeness (QED) is 0.565. The van der Waals surface area contributed by atoms with Crippen LogP contribution in [0.1, 0.15) is 43.5 Å². The Balaban J connectivity index is 2.15. The minimum atomic E-state index is -0.144. The Labute approximate surface area is 161 Å². The van der Waals surface area contributed by atoms with E-state index in [4.69, 9.17) is 14.7 Å². The minimum absolute atomic E-state index is 0.144. The van der Waals surface area contributed by atoms with Crippen LogP contribution in [0.2, 0.25) is 0 Å². The summed E-state index contributed by atoms with van der Waals surface area (Å²) < 4.78 is 11.1. The number of rotatable bonds is 10. The second-order valence-corrected chi connectivity index (χ2v) is 6.02. The van der Waals surface area contributed by atoms with E-state index in [0.717, 1.165) is 30.0 Å². The first-order chi connectivity index (χ1) is 13.2. The third kappa shape index (κ3) is 6.03. The summed E-state index contributed by atoms with van der Waals surface area (Å²) >= 11 is 0. The van der Waals surface area contributed by atoms with Gasteiger partial charge in [0.1, 0.15) is 11.5 Å². The summed E-state index contributed by atoms with van der Waals surface area (Å²) in [6.07, 6.45) is 2.34. The molecule has 5 nitrogen and oxygen atoms in total. The fourth-order valence-electron chi connectivity index (χ4n) is 2.58. The van der Waals surface area contributed by atoms with Crippen molar-refractivity contribution in [2.45, 2.75) is 33.1 Å². The van der Waals surface area contributed by atoms with Crippen LogP contribution in [0.15, 0.2) is 48.5 Å². The molecule has 0 aliphatic heterocycles. The van der Waals surface area contributed by atoms with Crippen LogP contribution in [0.25, 0.3) is 0 Å². The number of anilines is 1. The van der Waals surface area contributed by atoms with E-state index in [2.05, 4.69) is 13.0 Å². The summed E-state index contributed by atoms with van der Waals surface area (Å²) in [5, 5.41) is 8.94. The molecule has 27 heavy (non-hydrogen) atoms. The molecule has 0 aromatic heterocycles. The van der Waals surface area contributed by atoms with Crippen molar-refractivity contribution >= 4 is 11.6 Å². The summed E-state index contributed by atoms with van der Waals surface area (Å²) in [5.41, 5.74) is 1.30. The Kier molecular flexibility index (Phi) is 8.18. The summed E-state index contributed by atoms with van der Waals surface area (Å²) in [6, 6.07) is 16.6. The van der Waals surface area contributed by atoms with Gasteiger partial charge in [0, 0.05) is 17.8 Å². The van der Waals surface area contributed by atoms with Crippen molar-refractivity contribution in [2.75, 3.05) is 24.7 Å². The topological polar surface area (TPSA) is 62.6 Å². The van der Waals surface area contributed by atoms with Gasteiger partial charge in [0.05, 0.1) is 25.7 Å². The Morgan fingerprint density at radius 3 is 2.22 bits per heavy atom. The molecule has 0 saturated heterocycles. The van der Waals surface area contributed by atoms with Crippen molar-refractivity contribution in [1.82, 2.24) is 0 Å². The van der Waals surface area contributed by atoms with Crippen LogP contribution in [-0.4, -0.2) is 25.7 Å². The van der Waals surface area contributed by atoms with Crippen LogP contribution in [0.4, 0.5) is 5.69 Å². The lowest BCUT2D eigenvalue weighted by atomic mass is 10.1. The smallest absolute Gasteiger partial charge is 0.258 e. The van der Waals surface area contributed by atoms with E-state index in [-0.39, 0.29) is 12.3 Å². The first-order valence-corrected chi connectivity index (χ1v) is 9.34. The van der Waals surface area contributed by atoms with Crippen molar-refractivity contribution in [3.63, 3.8) is 0 Å². The molecule has 0 radical (unpaired) electrons. The monoisotopic (exact) mass is 366 g/mol. The van der Waals surface area contributed by atoms with Gasteiger partial charge < -0.3 is 14.4 Å². The number of nitrogens with zero attached hydrogens (tertiary/aromatic N) is 2. The van der Waals surface area contributed by atoms with Gasteiger partial charge in [-0.1, -0.05) is 13.3 Å². The van der Waals surface area contributed by atoms with Crippen LogP contribution in [0.5, 0.6) is 11.5 Å². The zero-order chi connectivity index (χ0) is 19.5. The number of amides is 1. The highest BCUT2D eigenvalue weighted by Crippen LogP contribution is 2.23. The average molecular weight is 366 g/mol. The van der Waals surface area contributed by atoms with E-state index in [9.17, 15) is 4.79 Å².